The lowest BCUT2D eigenvalue weighted by molar-refractivity contribution is 0.0606. The van der Waals surface area contributed by atoms with Gasteiger partial charge in [-0.1, -0.05) is 0 Å². The molecule has 24 heavy (non-hydrogen) atoms. The molecule has 0 atom stereocenters. The molecule has 0 N–H and O–H groups in total. The molecule has 0 spiro atoms. The number of halogens is 1. The number of rotatable bonds is 3. The number of anilines is 1. The van der Waals surface area contributed by atoms with Gasteiger partial charge < -0.3 is 14.5 Å². The minimum atomic E-state index is -0.430. The van der Waals surface area contributed by atoms with Gasteiger partial charge in [0.1, 0.15) is 10.7 Å². The van der Waals surface area contributed by atoms with E-state index in [-0.39, 0.29) is 11.7 Å². The van der Waals surface area contributed by atoms with Crippen molar-refractivity contribution in [2.75, 3.05) is 38.2 Å². The van der Waals surface area contributed by atoms with Gasteiger partial charge in [-0.25, -0.2) is 9.18 Å². The maximum Gasteiger partial charge on any atom is 0.348 e. The lowest BCUT2D eigenvalue weighted by atomic mass is 10.2. The van der Waals surface area contributed by atoms with E-state index in [1.807, 2.05) is 0 Å². The molecular weight excluding hydrogens is 331 g/mol. The van der Waals surface area contributed by atoms with Crippen LogP contribution < -0.4 is 4.90 Å². The minimum Gasteiger partial charge on any atom is -0.465 e. The molecule has 0 saturated carbocycles. The number of nitrogens with zero attached hydrogens (tertiary/aromatic N) is 2. The highest BCUT2D eigenvalue weighted by Crippen LogP contribution is 2.21. The molecule has 1 aromatic heterocycles. The van der Waals surface area contributed by atoms with Crippen LogP contribution >= 0.6 is 11.3 Å². The van der Waals surface area contributed by atoms with Crippen molar-refractivity contribution in [1.82, 2.24) is 4.90 Å². The molecule has 1 aromatic carbocycles. The molecule has 1 fully saturated rings. The summed E-state index contributed by atoms with van der Waals surface area (Å²) in [5, 5.41) is 0. The Hall–Kier alpha value is -2.41. The van der Waals surface area contributed by atoms with Crippen molar-refractivity contribution < 1.29 is 18.7 Å². The molecule has 1 aliphatic heterocycles. The van der Waals surface area contributed by atoms with Gasteiger partial charge in [0.2, 0.25) is 0 Å². The van der Waals surface area contributed by atoms with Gasteiger partial charge in [-0.2, -0.15) is 0 Å². The largest absolute Gasteiger partial charge is 0.465 e. The molecule has 3 rings (SSSR count). The van der Waals surface area contributed by atoms with Gasteiger partial charge in [0.15, 0.2) is 0 Å². The van der Waals surface area contributed by atoms with Crippen LogP contribution in [0.2, 0.25) is 0 Å². The Bertz CT molecular complexity index is 737. The Balaban J connectivity index is 1.61. The summed E-state index contributed by atoms with van der Waals surface area (Å²) in [6, 6.07) is 9.63. The van der Waals surface area contributed by atoms with Crippen LogP contribution in [0.15, 0.2) is 36.4 Å². The van der Waals surface area contributed by atoms with E-state index in [1.165, 1.54) is 19.2 Å². The van der Waals surface area contributed by atoms with Gasteiger partial charge in [0, 0.05) is 31.9 Å². The monoisotopic (exact) mass is 348 g/mol. The summed E-state index contributed by atoms with van der Waals surface area (Å²) in [7, 11) is 1.32. The number of ether oxygens (including phenoxy) is 1. The predicted octanol–water partition coefficient (Wildman–Crippen LogP) is 2.64. The van der Waals surface area contributed by atoms with E-state index in [1.54, 1.807) is 29.2 Å². The molecule has 7 heteroatoms. The Labute approximate surface area is 143 Å². The van der Waals surface area contributed by atoms with Crippen molar-refractivity contribution in [3.05, 3.63) is 52.0 Å². The first-order valence-corrected chi connectivity index (χ1v) is 8.38. The summed E-state index contributed by atoms with van der Waals surface area (Å²) >= 11 is 1.15. The second-order valence-corrected chi connectivity index (χ2v) is 6.49. The van der Waals surface area contributed by atoms with Gasteiger partial charge in [-0.05, 0) is 36.4 Å². The molecule has 0 unspecified atom stereocenters. The fourth-order valence-electron chi connectivity index (χ4n) is 2.64. The van der Waals surface area contributed by atoms with Crippen LogP contribution in [-0.2, 0) is 4.74 Å². The van der Waals surface area contributed by atoms with Crippen LogP contribution in [0.25, 0.3) is 0 Å². The number of methoxy groups -OCH3 is 1. The van der Waals surface area contributed by atoms with Crippen molar-refractivity contribution in [3.63, 3.8) is 0 Å². The van der Waals surface area contributed by atoms with Crippen molar-refractivity contribution in [3.8, 4) is 0 Å². The zero-order valence-electron chi connectivity index (χ0n) is 13.2. The average molecular weight is 348 g/mol. The number of thiophene rings is 1. The van der Waals surface area contributed by atoms with Gasteiger partial charge in [-0.15, -0.1) is 11.3 Å². The highest BCUT2D eigenvalue weighted by atomic mass is 32.1. The first-order chi connectivity index (χ1) is 11.6. The SMILES string of the molecule is COC(=O)c1ccc(C(=O)N2CCN(c3ccc(F)cc3)CC2)s1. The van der Waals surface area contributed by atoms with E-state index in [4.69, 9.17) is 0 Å². The zero-order valence-corrected chi connectivity index (χ0v) is 14.0. The van der Waals surface area contributed by atoms with Crippen LogP contribution in [0, 0.1) is 5.82 Å². The summed E-state index contributed by atoms with van der Waals surface area (Å²) in [6.07, 6.45) is 0. The molecule has 0 aliphatic carbocycles. The van der Waals surface area contributed by atoms with Crippen molar-refractivity contribution in [1.29, 1.82) is 0 Å². The Morgan fingerprint density at radius 1 is 1.00 bits per heavy atom. The number of hydrogen-bond donors (Lipinski definition) is 0. The van der Waals surface area contributed by atoms with Crippen LogP contribution in [0.5, 0.6) is 0 Å². The molecule has 2 aromatic rings. The van der Waals surface area contributed by atoms with E-state index in [0.29, 0.717) is 35.9 Å². The van der Waals surface area contributed by atoms with Gasteiger partial charge in [-0.3, -0.25) is 4.79 Å². The maximum absolute atomic E-state index is 13.0. The van der Waals surface area contributed by atoms with Crippen molar-refractivity contribution >= 4 is 28.9 Å². The third-order valence-corrected chi connectivity index (χ3v) is 5.02. The number of carbonyl (C=O) groups is 2. The van der Waals surface area contributed by atoms with E-state index in [0.717, 1.165) is 17.0 Å². The predicted molar refractivity (Wildman–Crippen MR) is 90.2 cm³/mol. The van der Waals surface area contributed by atoms with E-state index in [9.17, 15) is 14.0 Å². The average Bonchev–Trinajstić information content (AvgIpc) is 3.11. The normalized spacial score (nSPS) is 14.6. The fraction of sp³-hybridized carbons (Fsp3) is 0.294. The third kappa shape index (κ3) is 3.41. The van der Waals surface area contributed by atoms with Gasteiger partial charge >= 0.3 is 5.97 Å². The highest BCUT2D eigenvalue weighted by molar-refractivity contribution is 7.15. The van der Waals surface area contributed by atoms with E-state index in [2.05, 4.69) is 9.64 Å². The Morgan fingerprint density at radius 3 is 2.25 bits per heavy atom. The molecule has 1 aliphatic rings. The lowest BCUT2D eigenvalue weighted by Crippen LogP contribution is -2.48. The smallest absolute Gasteiger partial charge is 0.348 e. The Morgan fingerprint density at radius 2 is 1.62 bits per heavy atom. The molecule has 0 radical (unpaired) electrons. The summed E-state index contributed by atoms with van der Waals surface area (Å²) in [5.74, 6) is -0.763. The quantitative estimate of drug-likeness (QED) is 0.800. The molecule has 5 nitrogen and oxygen atoms in total. The molecule has 1 saturated heterocycles. The zero-order chi connectivity index (χ0) is 17.1. The standard InChI is InChI=1S/C17H17FN2O3S/c1-23-17(22)15-7-6-14(24-15)16(21)20-10-8-19(9-11-20)13-4-2-12(18)3-5-13/h2-7H,8-11H2,1H3. The van der Waals surface area contributed by atoms with Crippen LogP contribution in [0.4, 0.5) is 10.1 Å². The van der Waals surface area contributed by atoms with Crippen LogP contribution in [0.1, 0.15) is 19.3 Å². The summed E-state index contributed by atoms with van der Waals surface area (Å²) in [4.78, 5) is 28.9. The summed E-state index contributed by atoms with van der Waals surface area (Å²) in [6.45, 7) is 2.54. The number of benzene rings is 1. The molecule has 2 heterocycles. The van der Waals surface area contributed by atoms with E-state index < -0.39 is 5.97 Å². The third-order valence-electron chi connectivity index (χ3n) is 3.96. The van der Waals surface area contributed by atoms with Gasteiger partial charge in [0.05, 0.1) is 12.0 Å². The first-order valence-electron chi connectivity index (χ1n) is 7.56. The van der Waals surface area contributed by atoms with E-state index >= 15 is 0 Å². The second-order valence-electron chi connectivity index (χ2n) is 5.41. The number of piperazine rings is 1. The number of carbonyl (C=O) groups excluding carboxylic acids is 2. The van der Waals surface area contributed by atoms with Gasteiger partial charge in [0.25, 0.3) is 5.91 Å². The maximum atomic E-state index is 13.0. The molecule has 1 amide bonds. The van der Waals surface area contributed by atoms with Crippen LogP contribution in [-0.4, -0.2) is 50.1 Å². The summed E-state index contributed by atoms with van der Waals surface area (Å²) < 4.78 is 17.7. The fourth-order valence-corrected chi connectivity index (χ4v) is 3.53. The lowest BCUT2D eigenvalue weighted by Gasteiger charge is -2.36. The minimum absolute atomic E-state index is 0.0751. The van der Waals surface area contributed by atoms with Crippen molar-refractivity contribution in [2.24, 2.45) is 0 Å². The van der Waals surface area contributed by atoms with Crippen molar-refractivity contribution in [2.45, 2.75) is 0 Å². The number of hydrogen-bond acceptors (Lipinski definition) is 5. The van der Waals surface area contributed by atoms with Crippen LogP contribution in [0.3, 0.4) is 0 Å². The first kappa shape index (κ1) is 16.4. The molecule has 126 valence electrons. The second kappa shape index (κ2) is 7.00. The topological polar surface area (TPSA) is 49.9 Å². The Kier molecular flexibility index (Phi) is 4.80. The summed E-state index contributed by atoms with van der Waals surface area (Å²) in [5.41, 5.74) is 0.951. The number of amides is 1. The highest BCUT2D eigenvalue weighted by Gasteiger charge is 2.24. The molecule has 0 bridgehead atoms. The number of esters is 1. The molecular formula is C17H17FN2O3S.